The van der Waals surface area contributed by atoms with E-state index in [1.807, 2.05) is 23.7 Å². The van der Waals surface area contributed by atoms with Crippen molar-refractivity contribution >= 4 is 11.3 Å². The van der Waals surface area contributed by atoms with Crippen LogP contribution in [0.2, 0.25) is 0 Å². The fraction of sp³-hybridized carbons (Fsp3) is 0.357. The molecule has 0 amide bonds. The lowest BCUT2D eigenvalue weighted by Crippen LogP contribution is -2.13. The van der Waals surface area contributed by atoms with Crippen molar-refractivity contribution in [3.8, 4) is 0 Å². The van der Waals surface area contributed by atoms with Crippen LogP contribution in [0.25, 0.3) is 0 Å². The summed E-state index contributed by atoms with van der Waals surface area (Å²) in [7, 11) is 0. The van der Waals surface area contributed by atoms with Crippen LogP contribution in [0.4, 0.5) is 0 Å². The van der Waals surface area contributed by atoms with Crippen molar-refractivity contribution < 1.29 is 0 Å². The molecular weight excluding hydrogens is 228 g/mol. The quantitative estimate of drug-likeness (QED) is 0.894. The number of nitrogens with zero attached hydrogens (tertiary/aromatic N) is 1. The molecule has 0 saturated heterocycles. The summed E-state index contributed by atoms with van der Waals surface area (Å²) in [5.74, 6) is 0. The predicted octanol–water partition coefficient (Wildman–Crippen LogP) is 3.36. The second-order valence-electron chi connectivity index (χ2n) is 4.34. The molecule has 0 saturated carbocycles. The SMILES string of the molecule is Cc1cc(CNCc2ccncc2C)c(C)s1. The van der Waals surface area contributed by atoms with Crippen LogP contribution < -0.4 is 5.32 Å². The Kier molecular flexibility index (Phi) is 3.92. The van der Waals surface area contributed by atoms with Crippen molar-refractivity contribution in [2.75, 3.05) is 0 Å². The Morgan fingerprint density at radius 1 is 1.18 bits per heavy atom. The van der Waals surface area contributed by atoms with Crippen molar-refractivity contribution in [3.05, 3.63) is 51.0 Å². The second kappa shape index (κ2) is 5.43. The van der Waals surface area contributed by atoms with Gasteiger partial charge in [-0.1, -0.05) is 0 Å². The summed E-state index contributed by atoms with van der Waals surface area (Å²) in [6.07, 6.45) is 3.76. The van der Waals surface area contributed by atoms with E-state index in [2.05, 4.69) is 43.2 Å². The highest BCUT2D eigenvalue weighted by Gasteiger charge is 2.02. The minimum absolute atomic E-state index is 0.905. The van der Waals surface area contributed by atoms with E-state index in [9.17, 15) is 0 Å². The first-order valence-electron chi connectivity index (χ1n) is 5.83. The molecule has 1 N–H and O–H groups in total. The Labute approximate surface area is 107 Å². The molecule has 2 rings (SSSR count). The summed E-state index contributed by atoms with van der Waals surface area (Å²) in [5.41, 5.74) is 3.99. The van der Waals surface area contributed by atoms with Gasteiger partial charge >= 0.3 is 0 Å². The number of thiophene rings is 1. The zero-order chi connectivity index (χ0) is 12.3. The molecule has 0 spiro atoms. The Bertz CT molecular complexity index is 503. The first-order chi connectivity index (χ1) is 8.16. The van der Waals surface area contributed by atoms with E-state index < -0.39 is 0 Å². The fourth-order valence-corrected chi connectivity index (χ4v) is 2.84. The number of aromatic nitrogens is 1. The Morgan fingerprint density at radius 3 is 2.59 bits per heavy atom. The monoisotopic (exact) mass is 246 g/mol. The molecule has 2 aromatic heterocycles. The molecule has 0 aromatic carbocycles. The average molecular weight is 246 g/mol. The molecule has 0 aliphatic carbocycles. The van der Waals surface area contributed by atoms with Gasteiger partial charge in [0.25, 0.3) is 0 Å². The maximum Gasteiger partial charge on any atom is 0.0300 e. The van der Waals surface area contributed by atoms with Gasteiger partial charge in [0.2, 0.25) is 0 Å². The molecule has 2 nitrogen and oxygen atoms in total. The van der Waals surface area contributed by atoms with Crippen LogP contribution in [0, 0.1) is 20.8 Å². The summed E-state index contributed by atoms with van der Waals surface area (Å²) < 4.78 is 0. The third-order valence-corrected chi connectivity index (χ3v) is 3.92. The third kappa shape index (κ3) is 3.14. The molecule has 0 bridgehead atoms. The summed E-state index contributed by atoms with van der Waals surface area (Å²) in [6, 6.07) is 4.35. The summed E-state index contributed by atoms with van der Waals surface area (Å²) >= 11 is 1.87. The van der Waals surface area contributed by atoms with Crippen LogP contribution in [0.1, 0.15) is 26.4 Å². The zero-order valence-corrected chi connectivity index (χ0v) is 11.4. The van der Waals surface area contributed by atoms with Crippen molar-refractivity contribution in [1.82, 2.24) is 10.3 Å². The van der Waals surface area contributed by atoms with E-state index in [4.69, 9.17) is 0 Å². The van der Waals surface area contributed by atoms with Crippen LogP contribution in [0.3, 0.4) is 0 Å². The summed E-state index contributed by atoms with van der Waals surface area (Å²) in [4.78, 5) is 6.91. The highest BCUT2D eigenvalue weighted by Crippen LogP contribution is 2.20. The molecule has 3 heteroatoms. The Hall–Kier alpha value is -1.19. The van der Waals surface area contributed by atoms with Crippen molar-refractivity contribution in [1.29, 1.82) is 0 Å². The van der Waals surface area contributed by atoms with Crippen molar-refractivity contribution in [2.24, 2.45) is 0 Å². The molecule has 0 fully saturated rings. The zero-order valence-electron chi connectivity index (χ0n) is 10.6. The third-order valence-electron chi connectivity index (χ3n) is 2.91. The van der Waals surface area contributed by atoms with Gasteiger partial charge in [0.15, 0.2) is 0 Å². The van der Waals surface area contributed by atoms with E-state index in [1.165, 1.54) is 26.4 Å². The van der Waals surface area contributed by atoms with Gasteiger partial charge < -0.3 is 5.32 Å². The van der Waals surface area contributed by atoms with E-state index >= 15 is 0 Å². The van der Waals surface area contributed by atoms with Gasteiger partial charge in [0.1, 0.15) is 0 Å². The molecule has 0 atom stereocenters. The first kappa shape index (κ1) is 12.3. The number of rotatable bonds is 4. The van der Waals surface area contributed by atoms with Crippen molar-refractivity contribution in [2.45, 2.75) is 33.9 Å². The maximum atomic E-state index is 4.10. The number of aryl methyl sites for hydroxylation is 3. The highest BCUT2D eigenvalue weighted by molar-refractivity contribution is 7.12. The van der Waals surface area contributed by atoms with Crippen LogP contribution in [0.5, 0.6) is 0 Å². The van der Waals surface area contributed by atoms with Gasteiger partial charge in [0, 0.05) is 35.2 Å². The number of pyridine rings is 1. The predicted molar refractivity (Wildman–Crippen MR) is 73.3 cm³/mol. The smallest absolute Gasteiger partial charge is 0.0300 e. The van der Waals surface area contributed by atoms with E-state index in [0.717, 1.165) is 13.1 Å². The molecule has 0 unspecified atom stereocenters. The fourth-order valence-electron chi connectivity index (χ4n) is 1.89. The normalized spacial score (nSPS) is 10.8. The van der Waals surface area contributed by atoms with Gasteiger partial charge in [-0.05, 0) is 49.6 Å². The Morgan fingerprint density at radius 2 is 1.94 bits per heavy atom. The molecule has 17 heavy (non-hydrogen) atoms. The average Bonchev–Trinajstić information content (AvgIpc) is 2.60. The number of hydrogen-bond donors (Lipinski definition) is 1. The van der Waals surface area contributed by atoms with E-state index in [0.29, 0.717) is 0 Å². The molecule has 90 valence electrons. The Balaban J connectivity index is 1.92. The summed E-state index contributed by atoms with van der Waals surface area (Å²) in [5, 5.41) is 3.49. The largest absolute Gasteiger partial charge is 0.309 e. The van der Waals surface area contributed by atoms with Crippen LogP contribution in [0.15, 0.2) is 24.5 Å². The van der Waals surface area contributed by atoms with Crippen LogP contribution >= 0.6 is 11.3 Å². The van der Waals surface area contributed by atoms with Gasteiger partial charge in [-0.2, -0.15) is 0 Å². The molecule has 2 aromatic rings. The highest BCUT2D eigenvalue weighted by atomic mass is 32.1. The lowest BCUT2D eigenvalue weighted by Gasteiger charge is -2.06. The van der Waals surface area contributed by atoms with Crippen LogP contribution in [-0.4, -0.2) is 4.98 Å². The molecule has 0 aliphatic rings. The first-order valence-corrected chi connectivity index (χ1v) is 6.64. The number of hydrogen-bond acceptors (Lipinski definition) is 3. The van der Waals surface area contributed by atoms with Gasteiger partial charge in [-0.25, -0.2) is 0 Å². The molecular formula is C14H18N2S. The molecule has 2 heterocycles. The standard InChI is InChI=1S/C14H18N2S/c1-10-7-15-5-4-13(10)8-16-9-14-6-11(2)17-12(14)3/h4-7,16H,8-9H2,1-3H3. The van der Waals surface area contributed by atoms with Gasteiger partial charge in [0.05, 0.1) is 0 Å². The maximum absolute atomic E-state index is 4.10. The topological polar surface area (TPSA) is 24.9 Å². The lowest BCUT2D eigenvalue weighted by atomic mass is 10.1. The molecule has 0 aliphatic heterocycles. The van der Waals surface area contributed by atoms with Gasteiger partial charge in [-0.3, -0.25) is 4.98 Å². The second-order valence-corrected chi connectivity index (χ2v) is 5.80. The summed E-state index contributed by atoms with van der Waals surface area (Å²) in [6.45, 7) is 8.30. The van der Waals surface area contributed by atoms with Crippen molar-refractivity contribution in [3.63, 3.8) is 0 Å². The lowest BCUT2D eigenvalue weighted by molar-refractivity contribution is 0.689. The minimum atomic E-state index is 0.905. The number of nitrogens with one attached hydrogen (secondary N) is 1. The van der Waals surface area contributed by atoms with E-state index in [1.54, 1.807) is 0 Å². The van der Waals surface area contributed by atoms with Crippen LogP contribution in [-0.2, 0) is 13.1 Å². The molecule has 0 radical (unpaired) electrons. The van der Waals surface area contributed by atoms with Gasteiger partial charge in [-0.15, -0.1) is 11.3 Å². The minimum Gasteiger partial charge on any atom is -0.309 e. The van der Waals surface area contributed by atoms with E-state index in [-0.39, 0.29) is 0 Å².